The first-order valence-electron chi connectivity index (χ1n) is 9.05. The largest absolute Gasteiger partial charge is 0.481 e. The number of amides is 1. The Morgan fingerprint density at radius 1 is 1.29 bits per heavy atom. The summed E-state index contributed by atoms with van der Waals surface area (Å²) in [6.07, 6.45) is 3.73. The molecule has 0 spiro atoms. The Balaban J connectivity index is 1.79. The van der Waals surface area contributed by atoms with Crippen molar-refractivity contribution in [2.75, 3.05) is 29.6 Å². The molecule has 2 heterocycles. The monoisotopic (exact) mass is 419 g/mol. The molecule has 0 bridgehead atoms. The highest BCUT2D eigenvalue weighted by Gasteiger charge is 2.24. The summed E-state index contributed by atoms with van der Waals surface area (Å²) in [5.74, 6) is -0.100. The second-order valence-corrected chi connectivity index (χ2v) is 7.98. The number of carboxylic acid groups (broad SMARTS) is 1. The van der Waals surface area contributed by atoms with Crippen molar-refractivity contribution in [1.29, 1.82) is 0 Å². The third-order valence-corrected chi connectivity index (χ3v) is 5.65. The van der Waals surface area contributed by atoms with Crippen LogP contribution in [0.3, 0.4) is 0 Å². The van der Waals surface area contributed by atoms with Crippen LogP contribution in [0.1, 0.15) is 29.6 Å². The number of hydrogen-bond donors (Lipinski definition) is 2. The molecule has 1 aromatic heterocycles. The molecule has 3 rings (SSSR count). The van der Waals surface area contributed by atoms with E-state index in [0.717, 1.165) is 23.7 Å². The van der Waals surface area contributed by atoms with E-state index >= 15 is 0 Å². The first-order valence-corrected chi connectivity index (χ1v) is 10.6. The second-order valence-electron chi connectivity index (χ2n) is 6.72. The zero-order chi connectivity index (χ0) is 20.1. The fraction of sp³-hybridized carbons (Fsp3) is 0.350. The minimum absolute atomic E-state index is 0.182. The van der Waals surface area contributed by atoms with Crippen LogP contribution in [0, 0.1) is 5.92 Å². The smallest absolute Gasteiger partial charge is 0.303 e. The molecule has 0 atom stereocenters. The number of benzene rings is 1. The fourth-order valence-corrected chi connectivity index (χ4v) is 3.88. The Labute approximate surface area is 173 Å². The van der Waals surface area contributed by atoms with E-state index < -0.39 is 5.97 Å². The third kappa shape index (κ3) is 5.17. The van der Waals surface area contributed by atoms with Gasteiger partial charge in [-0.05, 0) is 55.3 Å². The van der Waals surface area contributed by atoms with Gasteiger partial charge in [0.1, 0.15) is 0 Å². The van der Waals surface area contributed by atoms with Crippen molar-refractivity contribution < 1.29 is 14.7 Å². The average molecular weight is 420 g/mol. The molecule has 1 aliphatic rings. The fourth-order valence-electron chi connectivity index (χ4n) is 3.30. The number of piperidine rings is 1. The van der Waals surface area contributed by atoms with E-state index in [-0.39, 0.29) is 18.2 Å². The van der Waals surface area contributed by atoms with Gasteiger partial charge in [-0.2, -0.15) is 0 Å². The van der Waals surface area contributed by atoms with Gasteiger partial charge >= 0.3 is 5.97 Å². The minimum atomic E-state index is -0.754. The van der Waals surface area contributed by atoms with Crippen molar-refractivity contribution in [3.63, 3.8) is 0 Å². The van der Waals surface area contributed by atoms with Crippen molar-refractivity contribution in [3.05, 3.63) is 47.0 Å². The highest BCUT2D eigenvalue weighted by molar-refractivity contribution is 7.98. The predicted octanol–water partition coefficient (Wildman–Crippen LogP) is 4.40. The van der Waals surface area contributed by atoms with E-state index in [1.165, 1.54) is 11.8 Å². The molecular formula is C20H22ClN3O3S. The molecule has 1 aromatic carbocycles. The van der Waals surface area contributed by atoms with Crippen LogP contribution < -0.4 is 10.2 Å². The van der Waals surface area contributed by atoms with Gasteiger partial charge < -0.3 is 15.3 Å². The summed E-state index contributed by atoms with van der Waals surface area (Å²) in [6.45, 7) is 1.42. The molecule has 2 aromatic rings. The maximum absolute atomic E-state index is 12.6. The first kappa shape index (κ1) is 20.5. The van der Waals surface area contributed by atoms with Crippen molar-refractivity contribution in [2.24, 2.45) is 5.92 Å². The summed E-state index contributed by atoms with van der Waals surface area (Å²) < 4.78 is 0. The minimum Gasteiger partial charge on any atom is -0.481 e. The van der Waals surface area contributed by atoms with Gasteiger partial charge in [-0.1, -0.05) is 17.7 Å². The van der Waals surface area contributed by atoms with Crippen LogP contribution in [0.15, 0.2) is 41.4 Å². The van der Waals surface area contributed by atoms with Crippen LogP contribution in [0.25, 0.3) is 0 Å². The number of rotatable bonds is 6. The van der Waals surface area contributed by atoms with Crippen LogP contribution in [-0.4, -0.2) is 41.3 Å². The lowest BCUT2D eigenvalue weighted by Gasteiger charge is -2.33. The summed E-state index contributed by atoms with van der Waals surface area (Å²) in [5, 5.41) is 13.3. The van der Waals surface area contributed by atoms with Crippen LogP contribution in [0.4, 0.5) is 11.5 Å². The van der Waals surface area contributed by atoms with Gasteiger partial charge in [0.2, 0.25) is 0 Å². The number of anilines is 2. The molecule has 28 heavy (non-hydrogen) atoms. The van der Waals surface area contributed by atoms with E-state index in [1.807, 2.05) is 18.4 Å². The van der Waals surface area contributed by atoms with Gasteiger partial charge in [-0.25, -0.2) is 4.98 Å². The number of aliphatic carboxylic acids is 1. The Bertz CT molecular complexity index is 870. The maximum Gasteiger partial charge on any atom is 0.303 e. The lowest BCUT2D eigenvalue weighted by atomic mass is 9.93. The third-order valence-electron chi connectivity index (χ3n) is 4.77. The standard InChI is InChI=1S/C20H22ClN3O3S/c1-28-17-6-5-16(22-20(27)14-3-2-4-15(21)12-14)19(23-17)24-9-7-13(8-10-24)11-18(25)26/h2-6,12-13H,7-11H2,1H3,(H,22,27)(H,25,26). The summed E-state index contributed by atoms with van der Waals surface area (Å²) in [7, 11) is 0. The first-order chi connectivity index (χ1) is 13.5. The number of aromatic nitrogens is 1. The van der Waals surface area contributed by atoms with Crippen molar-refractivity contribution in [3.8, 4) is 0 Å². The molecule has 0 aliphatic carbocycles. The molecule has 0 saturated carbocycles. The highest BCUT2D eigenvalue weighted by atomic mass is 35.5. The van der Waals surface area contributed by atoms with E-state index in [0.29, 0.717) is 29.4 Å². The van der Waals surface area contributed by atoms with Crippen LogP contribution in [0.5, 0.6) is 0 Å². The van der Waals surface area contributed by atoms with Crippen LogP contribution in [-0.2, 0) is 4.79 Å². The number of carbonyl (C=O) groups is 2. The molecular weight excluding hydrogens is 398 g/mol. The Hall–Kier alpha value is -2.25. The van der Waals surface area contributed by atoms with Gasteiger partial charge in [0.05, 0.1) is 10.7 Å². The zero-order valence-electron chi connectivity index (χ0n) is 15.5. The molecule has 148 valence electrons. The van der Waals surface area contributed by atoms with E-state index in [4.69, 9.17) is 21.7 Å². The highest BCUT2D eigenvalue weighted by Crippen LogP contribution is 2.31. The number of nitrogens with zero attached hydrogens (tertiary/aromatic N) is 2. The lowest BCUT2D eigenvalue weighted by molar-refractivity contribution is -0.138. The Morgan fingerprint density at radius 2 is 2.04 bits per heavy atom. The number of pyridine rings is 1. The molecule has 0 radical (unpaired) electrons. The zero-order valence-corrected chi connectivity index (χ0v) is 17.1. The maximum atomic E-state index is 12.6. The number of nitrogens with one attached hydrogen (secondary N) is 1. The molecule has 6 nitrogen and oxygen atoms in total. The van der Waals surface area contributed by atoms with Gasteiger partial charge in [0.15, 0.2) is 5.82 Å². The number of halogens is 1. The topological polar surface area (TPSA) is 82.5 Å². The molecule has 1 amide bonds. The van der Waals surface area contributed by atoms with Crippen molar-refractivity contribution >= 4 is 46.7 Å². The number of carboxylic acids is 1. The normalized spacial score (nSPS) is 14.7. The van der Waals surface area contributed by atoms with E-state index in [9.17, 15) is 9.59 Å². The summed E-state index contributed by atoms with van der Waals surface area (Å²) in [6, 6.07) is 10.5. The molecule has 1 fully saturated rings. The molecule has 8 heteroatoms. The predicted molar refractivity (Wildman–Crippen MR) is 113 cm³/mol. The summed E-state index contributed by atoms with van der Waals surface area (Å²) in [5.41, 5.74) is 1.12. The SMILES string of the molecule is CSc1ccc(NC(=O)c2cccc(Cl)c2)c(N2CCC(CC(=O)O)CC2)n1. The number of hydrogen-bond acceptors (Lipinski definition) is 5. The second kappa shape index (κ2) is 9.30. The van der Waals surface area contributed by atoms with Crippen LogP contribution in [0.2, 0.25) is 5.02 Å². The van der Waals surface area contributed by atoms with E-state index in [2.05, 4.69) is 10.2 Å². The molecule has 1 aliphatic heterocycles. The summed E-state index contributed by atoms with van der Waals surface area (Å²) in [4.78, 5) is 30.4. The Kier molecular flexibility index (Phi) is 6.80. The van der Waals surface area contributed by atoms with Gasteiger partial charge in [0, 0.05) is 30.1 Å². The molecule has 1 saturated heterocycles. The quantitative estimate of drug-likeness (QED) is 0.675. The average Bonchev–Trinajstić information content (AvgIpc) is 2.68. The lowest BCUT2D eigenvalue weighted by Crippen LogP contribution is -2.35. The number of carbonyl (C=O) groups excluding carboxylic acids is 1. The molecule has 0 unspecified atom stereocenters. The van der Waals surface area contributed by atoms with E-state index in [1.54, 1.807) is 24.3 Å². The molecule has 2 N–H and O–H groups in total. The van der Waals surface area contributed by atoms with Crippen molar-refractivity contribution in [2.45, 2.75) is 24.3 Å². The number of thioether (sulfide) groups is 1. The Morgan fingerprint density at radius 3 is 2.68 bits per heavy atom. The van der Waals surface area contributed by atoms with Gasteiger partial charge in [0.25, 0.3) is 5.91 Å². The van der Waals surface area contributed by atoms with Crippen LogP contribution >= 0.6 is 23.4 Å². The van der Waals surface area contributed by atoms with Crippen molar-refractivity contribution in [1.82, 2.24) is 4.98 Å². The van der Waals surface area contributed by atoms with Gasteiger partial charge in [-0.15, -0.1) is 11.8 Å². The summed E-state index contributed by atoms with van der Waals surface area (Å²) >= 11 is 7.53. The van der Waals surface area contributed by atoms with Gasteiger partial charge in [-0.3, -0.25) is 9.59 Å².